The average molecular weight is 289 g/mol. The number of aromatic nitrogens is 3. The Morgan fingerprint density at radius 3 is 2.45 bits per heavy atom. The van der Waals surface area contributed by atoms with Gasteiger partial charge in [-0.15, -0.1) is 0 Å². The number of rotatable bonds is 1. The van der Waals surface area contributed by atoms with Crippen LogP contribution in [0, 0.1) is 0 Å². The highest BCUT2D eigenvalue weighted by molar-refractivity contribution is 6.33. The van der Waals surface area contributed by atoms with Crippen LogP contribution in [0.5, 0.6) is 0 Å². The highest BCUT2D eigenvalue weighted by atomic mass is 19.4. The van der Waals surface area contributed by atoms with Gasteiger partial charge in [0.1, 0.15) is 12.3 Å². The van der Waals surface area contributed by atoms with E-state index in [1.165, 1.54) is 0 Å². The lowest BCUT2D eigenvalue weighted by Gasteiger charge is -2.06. The summed E-state index contributed by atoms with van der Waals surface area (Å²) in [5, 5.41) is 4.48. The van der Waals surface area contributed by atoms with Gasteiger partial charge in [-0.25, -0.2) is 4.57 Å². The van der Waals surface area contributed by atoms with E-state index in [1.54, 1.807) is 0 Å². The summed E-state index contributed by atoms with van der Waals surface area (Å²) in [6.07, 6.45) is 2.02. The maximum atomic E-state index is 9.67. The van der Waals surface area contributed by atoms with Gasteiger partial charge in [0.2, 0.25) is 6.33 Å². The summed E-state index contributed by atoms with van der Waals surface area (Å²) in [5.41, 5.74) is 1.08. The molecule has 0 bridgehead atoms. The third kappa shape index (κ3) is 4.34. The van der Waals surface area contributed by atoms with Crippen LogP contribution in [-0.4, -0.2) is 23.9 Å². The van der Waals surface area contributed by atoms with Crippen LogP contribution in [0.15, 0.2) is 36.7 Å². The fourth-order valence-electron chi connectivity index (χ4n) is 1.74. The fourth-order valence-corrected chi connectivity index (χ4v) is 1.74. The van der Waals surface area contributed by atoms with Crippen molar-refractivity contribution >= 4 is 7.54 Å². The van der Waals surface area contributed by atoms with Crippen LogP contribution < -0.4 is 9.27 Å². The van der Waals surface area contributed by atoms with Crippen molar-refractivity contribution in [1.82, 2.24) is 9.78 Å². The van der Waals surface area contributed by atoms with E-state index < -0.39 is 7.54 Å². The van der Waals surface area contributed by atoms with E-state index in [0.717, 1.165) is 24.7 Å². The molecule has 0 amide bonds. The lowest BCUT2D eigenvalue weighted by atomic mass is 10.3. The summed E-state index contributed by atoms with van der Waals surface area (Å²) in [7, 11) is -3.67. The van der Waals surface area contributed by atoms with Crippen LogP contribution in [0.4, 0.5) is 12.9 Å². The second-order valence-electron chi connectivity index (χ2n) is 3.81. The first-order valence-electron chi connectivity index (χ1n) is 5.70. The van der Waals surface area contributed by atoms with E-state index in [-0.39, 0.29) is 4.70 Å². The molecule has 0 aliphatic carbocycles. The van der Waals surface area contributed by atoms with Gasteiger partial charge in [-0.1, -0.05) is 22.9 Å². The number of nitrogens with zero attached hydrogens (tertiary/aromatic N) is 3. The molecule has 1 aliphatic heterocycles. The van der Waals surface area contributed by atoms with Crippen LogP contribution in [0.25, 0.3) is 5.69 Å². The lowest BCUT2D eigenvalue weighted by molar-refractivity contribution is -0.717. The first kappa shape index (κ1) is 16.2. The molecule has 9 heteroatoms. The van der Waals surface area contributed by atoms with E-state index in [0.29, 0.717) is 6.61 Å². The Morgan fingerprint density at radius 1 is 1.20 bits per heavy atom. The molecule has 1 aliphatic rings. The summed E-state index contributed by atoms with van der Waals surface area (Å²) < 4.78 is 38.4. The van der Waals surface area contributed by atoms with Gasteiger partial charge < -0.3 is 9.44 Å². The lowest BCUT2D eigenvalue weighted by Crippen LogP contribution is -3.00. The molecule has 1 aromatic heterocycles. The number of fused-ring (bicyclic) bond motifs is 1. The normalized spacial score (nSPS) is 12.6. The third-order valence-corrected chi connectivity index (χ3v) is 2.53. The molecular weight excluding hydrogens is 277 g/mol. The quantitative estimate of drug-likeness (QED) is 0.366. The first-order valence-corrected chi connectivity index (χ1v) is 5.70. The number of halogens is 4. The zero-order valence-corrected chi connectivity index (χ0v) is 10.4. The SMILES string of the molecule is FB(F)F.[F-].c1ccc(-n2c[n+]3c(n2)COCC3)cc1. The molecule has 0 radical (unpaired) electrons. The number of para-hydroxylation sites is 1. The van der Waals surface area contributed by atoms with E-state index in [2.05, 4.69) is 9.67 Å². The van der Waals surface area contributed by atoms with Gasteiger partial charge in [0.25, 0.3) is 0 Å². The van der Waals surface area contributed by atoms with Gasteiger partial charge in [-0.05, 0) is 12.1 Å². The molecule has 0 saturated carbocycles. The topological polar surface area (TPSA) is 30.9 Å². The van der Waals surface area contributed by atoms with Crippen LogP contribution in [-0.2, 0) is 17.9 Å². The molecule has 0 spiro atoms. The Balaban J connectivity index is 0.000000359. The number of hydrogen-bond acceptors (Lipinski definition) is 2. The molecule has 108 valence electrons. The molecule has 1 aromatic carbocycles. The van der Waals surface area contributed by atoms with Crippen molar-refractivity contribution in [2.75, 3.05) is 6.61 Å². The van der Waals surface area contributed by atoms with E-state index >= 15 is 0 Å². The third-order valence-electron chi connectivity index (χ3n) is 2.53. The summed E-state index contributed by atoms with van der Waals surface area (Å²) in [6, 6.07) is 10.1. The van der Waals surface area contributed by atoms with Crippen molar-refractivity contribution in [2.45, 2.75) is 13.2 Å². The van der Waals surface area contributed by atoms with E-state index in [4.69, 9.17) is 4.74 Å². The summed E-state index contributed by atoms with van der Waals surface area (Å²) in [5.74, 6) is 0.991. The van der Waals surface area contributed by atoms with Gasteiger partial charge in [0.15, 0.2) is 0 Å². The maximum absolute atomic E-state index is 9.67. The Bertz CT molecular complexity index is 497. The Morgan fingerprint density at radius 2 is 1.85 bits per heavy atom. The summed E-state index contributed by atoms with van der Waals surface area (Å²) in [6.45, 7) is 2.28. The Kier molecular flexibility index (Phi) is 6.17. The minimum atomic E-state index is -3.67. The Hall–Kier alpha value is -1.90. The second-order valence-corrected chi connectivity index (χ2v) is 3.81. The van der Waals surface area contributed by atoms with Crippen LogP contribution >= 0.6 is 0 Å². The molecule has 4 nitrogen and oxygen atoms in total. The molecule has 0 atom stereocenters. The fraction of sp³-hybridized carbons (Fsp3) is 0.273. The van der Waals surface area contributed by atoms with E-state index in [1.807, 2.05) is 41.3 Å². The molecule has 3 rings (SSSR count). The zero-order valence-electron chi connectivity index (χ0n) is 10.4. The largest absolute Gasteiger partial charge is 1.00 e. The molecule has 20 heavy (non-hydrogen) atoms. The molecule has 0 saturated heterocycles. The molecule has 0 unspecified atom stereocenters. The molecule has 2 aromatic rings. The minimum Gasteiger partial charge on any atom is -1.00 e. The summed E-state index contributed by atoms with van der Waals surface area (Å²) >= 11 is 0. The molecule has 2 heterocycles. The van der Waals surface area contributed by atoms with Gasteiger partial charge in [-0.2, -0.15) is 0 Å². The standard InChI is InChI=1S/C11H12N3O.BF3.FH/c1-2-4-10(5-3-1)14-9-13-6-7-15-8-11(13)12-14;2-1(3)4;/h1-5,9H,6-8H2;;1H/q+1;;/p-1. The maximum Gasteiger partial charge on any atom is 0.762 e. The van der Waals surface area contributed by atoms with Gasteiger partial charge >= 0.3 is 13.4 Å². The number of benzene rings is 1. The minimum absolute atomic E-state index is 0. The molecule has 0 N–H and O–H groups in total. The molecule has 0 fully saturated rings. The van der Waals surface area contributed by atoms with E-state index in [9.17, 15) is 12.9 Å². The van der Waals surface area contributed by atoms with Gasteiger partial charge in [0.05, 0.1) is 13.2 Å². The highest BCUT2D eigenvalue weighted by Gasteiger charge is 2.21. The van der Waals surface area contributed by atoms with Gasteiger partial charge in [-0.3, -0.25) is 12.9 Å². The first-order chi connectivity index (χ1) is 9.16. The monoisotopic (exact) mass is 289 g/mol. The van der Waals surface area contributed by atoms with Crippen LogP contribution in [0.2, 0.25) is 0 Å². The Labute approximate surface area is 113 Å². The van der Waals surface area contributed by atoms with Crippen molar-refractivity contribution < 1.29 is 27.0 Å². The van der Waals surface area contributed by atoms with Crippen LogP contribution in [0.3, 0.4) is 0 Å². The summed E-state index contributed by atoms with van der Waals surface area (Å²) in [4.78, 5) is 0. The number of ether oxygens (including phenoxy) is 1. The predicted octanol–water partition coefficient (Wildman–Crippen LogP) is -1.43. The second kappa shape index (κ2) is 7.64. The van der Waals surface area contributed by atoms with Crippen LogP contribution in [0.1, 0.15) is 5.82 Å². The van der Waals surface area contributed by atoms with Crippen molar-refractivity contribution in [1.29, 1.82) is 0 Å². The zero-order chi connectivity index (χ0) is 13.7. The predicted molar refractivity (Wildman–Crippen MR) is 62.5 cm³/mol. The highest BCUT2D eigenvalue weighted by Crippen LogP contribution is 2.05. The van der Waals surface area contributed by atoms with Crippen molar-refractivity contribution in [3.63, 3.8) is 0 Å². The van der Waals surface area contributed by atoms with Gasteiger partial charge in [0, 0.05) is 5.10 Å². The average Bonchev–Trinajstić information content (AvgIpc) is 2.83. The smallest absolute Gasteiger partial charge is 0.762 e. The number of hydrogen-bond donors (Lipinski definition) is 0. The van der Waals surface area contributed by atoms with Crippen molar-refractivity contribution in [2.24, 2.45) is 0 Å². The van der Waals surface area contributed by atoms with Crippen molar-refractivity contribution in [3.05, 3.63) is 42.5 Å². The van der Waals surface area contributed by atoms with Crippen molar-refractivity contribution in [3.8, 4) is 5.69 Å². The molecular formula is C11H12BF4N3O.